The zero-order valence-electron chi connectivity index (χ0n) is 9.63. The van der Waals surface area contributed by atoms with E-state index in [1.807, 2.05) is 25.1 Å². The Labute approximate surface area is 99.2 Å². The maximum atomic E-state index is 11.0. The first kappa shape index (κ1) is 11.6. The zero-order chi connectivity index (χ0) is 12.1. The first-order valence-electron chi connectivity index (χ1n) is 5.49. The number of hydrogen-bond donors (Lipinski definition) is 0. The van der Waals surface area contributed by atoms with Gasteiger partial charge in [-0.05, 0) is 25.1 Å². The van der Waals surface area contributed by atoms with E-state index in [9.17, 15) is 5.21 Å². The van der Waals surface area contributed by atoms with Gasteiger partial charge >= 0.3 is 0 Å². The van der Waals surface area contributed by atoms with Crippen LogP contribution in [0.15, 0.2) is 30.6 Å². The van der Waals surface area contributed by atoms with Gasteiger partial charge in [0.15, 0.2) is 0 Å². The van der Waals surface area contributed by atoms with Crippen molar-refractivity contribution >= 4 is 10.8 Å². The van der Waals surface area contributed by atoms with Gasteiger partial charge in [0.2, 0.25) is 6.20 Å². The molecule has 0 radical (unpaired) electrons. The van der Waals surface area contributed by atoms with Crippen LogP contribution in [0.3, 0.4) is 0 Å². The van der Waals surface area contributed by atoms with E-state index in [-0.39, 0.29) is 0 Å². The van der Waals surface area contributed by atoms with Gasteiger partial charge in [-0.3, -0.25) is 0 Å². The Kier molecular flexibility index (Phi) is 3.72. The first-order valence-corrected chi connectivity index (χ1v) is 5.49. The summed E-state index contributed by atoms with van der Waals surface area (Å²) in [6.45, 7) is 3.69. The highest BCUT2D eigenvalue weighted by Gasteiger charge is 2.01. The zero-order valence-corrected chi connectivity index (χ0v) is 9.63. The van der Waals surface area contributed by atoms with Crippen molar-refractivity contribution in [3.05, 3.63) is 35.8 Å². The van der Waals surface area contributed by atoms with Crippen molar-refractivity contribution in [2.75, 3.05) is 19.8 Å². The van der Waals surface area contributed by atoms with Crippen molar-refractivity contribution in [3.8, 4) is 5.75 Å². The van der Waals surface area contributed by atoms with Gasteiger partial charge in [-0.25, -0.2) is 0 Å². The Balaban J connectivity index is 2.08. The summed E-state index contributed by atoms with van der Waals surface area (Å²) in [5, 5.41) is 16.4. The number of nitrogens with zero attached hydrogens (tertiary/aromatic N) is 2. The molecule has 1 aromatic carbocycles. The molecular formula is C12H14N2O3. The lowest BCUT2D eigenvalue weighted by atomic mass is 10.2. The molecule has 5 heteroatoms. The van der Waals surface area contributed by atoms with Crippen LogP contribution in [-0.4, -0.2) is 24.9 Å². The molecule has 2 rings (SSSR count). The summed E-state index contributed by atoms with van der Waals surface area (Å²) in [6, 6.07) is 5.54. The summed E-state index contributed by atoms with van der Waals surface area (Å²) >= 11 is 0. The standard InChI is InChI=1S/C12H14N2O3/c1-2-16-5-6-17-12-4-3-10-8-13-14(15)9-11(10)7-12/h3-4,7-9H,2,5-6H2,1H3. The molecule has 0 saturated heterocycles. The molecule has 17 heavy (non-hydrogen) atoms. The van der Waals surface area contributed by atoms with Crippen molar-refractivity contribution in [1.82, 2.24) is 5.10 Å². The smallest absolute Gasteiger partial charge is 0.217 e. The third-order valence-electron chi connectivity index (χ3n) is 2.32. The van der Waals surface area contributed by atoms with Crippen molar-refractivity contribution in [3.63, 3.8) is 0 Å². The van der Waals surface area contributed by atoms with Crippen LogP contribution >= 0.6 is 0 Å². The Morgan fingerprint density at radius 2 is 2.18 bits per heavy atom. The minimum atomic E-state index is 0.502. The third-order valence-corrected chi connectivity index (χ3v) is 2.32. The predicted molar refractivity (Wildman–Crippen MR) is 62.7 cm³/mol. The van der Waals surface area contributed by atoms with Crippen LogP contribution in [0.2, 0.25) is 0 Å². The molecule has 0 atom stereocenters. The van der Waals surface area contributed by atoms with Crippen LogP contribution in [0.5, 0.6) is 5.75 Å². The molecular weight excluding hydrogens is 220 g/mol. The van der Waals surface area contributed by atoms with Gasteiger partial charge in [-0.15, -0.1) is 0 Å². The molecule has 0 fully saturated rings. The summed E-state index contributed by atoms with van der Waals surface area (Å²) in [5.74, 6) is 0.725. The lowest BCUT2D eigenvalue weighted by molar-refractivity contribution is -0.667. The number of benzene rings is 1. The van der Waals surface area contributed by atoms with Crippen LogP contribution in [0, 0.1) is 5.21 Å². The van der Waals surface area contributed by atoms with Crippen molar-refractivity contribution in [2.45, 2.75) is 6.92 Å². The lowest BCUT2D eigenvalue weighted by Gasteiger charge is -2.06. The second-order valence-electron chi connectivity index (χ2n) is 3.51. The maximum Gasteiger partial charge on any atom is 0.217 e. The molecule has 0 aliphatic rings. The van der Waals surface area contributed by atoms with Crippen LogP contribution in [0.4, 0.5) is 0 Å². The van der Waals surface area contributed by atoms with Crippen molar-refractivity contribution in [1.29, 1.82) is 0 Å². The van der Waals surface area contributed by atoms with Gasteiger partial charge in [-0.2, -0.15) is 0 Å². The lowest BCUT2D eigenvalue weighted by Crippen LogP contribution is -2.29. The number of ether oxygens (including phenoxy) is 2. The molecule has 1 heterocycles. The van der Waals surface area contributed by atoms with Gasteiger partial charge in [0.1, 0.15) is 18.6 Å². The molecule has 0 saturated carbocycles. The van der Waals surface area contributed by atoms with E-state index in [4.69, 9.17) is 9.47 Å². The molecule has 0 spiro atoms. The molecule has 1 aromatic heterocycles. The Bertz CT molecular complexity index is 502. The topological polar surface area (TPSA) is 58.3 Å². The Hall–Kier alpha value is -1.88. The van der Waals surface area contributed by atoms with E-state index < -0.39 is 0 Å². The predicted octanol–water partition coefficient (Wildman–Crippen LogP) is 1.28. The number of aromatic nitrogens is 2. The average molecular weight is 234 g/mol. The average Bonchev–Trinajstić information content (AvgIpc) is 2.34. The van der Waals surface area contributed by atoms with Crippen LogP contribution < -0.4 is 9.58 Å². The van der Waals surface area contributed by atoms with Gasteiger partial charge in [0, 0.05) is 17.1 Å². The van der Waals surface area contributed by atoms with Crippen LogP contribution in [0.25, 0.3) is 10.8 Å². The fourth-order valence-corrected chi connectivity index (χ4v) is 1.51. The summed E-state index contributed by atoms with van der Waals surface area (Å²) in [6.07, 6.45) is 2.96. The third kappa shape index (κ3) is 3.04. The molecule has 0 aliphatic carbocycles. The largest absolute Gasteiger partial charge is 0.594 e. The fourth-order valence-electron chi connectivity index (χ4n) is 1.51. The van der Waals surface area contributed by atoms with E-state index >= 15 is 0 Å². The molecule has 5 nitrogen and oxygen atoms in total. The minimum absolute atomic E-state index is 0.502. The van der Waals surface area contributed by atoms with Crippen LogP contribution in [0.1, 0.15) is 6.92 Å². The quantitative estimate of drug-likeness (QED) is 0.444. The first-order chi connectivity index (χ1) is 8.29. The van der Waals surface area contributed by atoms with E-state index in [1.54, 1.807) is 0 Å². The van der Waals surface area contributed by atoms with Gasteiger partial charge in [0.25, 0.3) is 0 Å². The molecule has 90 valence electrons. The van der Waals surface area contributed by atoms with E-state index in [0.717, 1.165) is 16.5 Å². The molecule has 0 bridgehead atoms. The number of rotatable bonds is 5. The Morgan fingerprint density at radius 1 is 1.29 bits per heavy atom. The maximum absolute atomic E-state index is 11.0. The van der Waals surface area contributed by atoms with Gasteiger partial charge in [-0.1, -0.05) is 4.85 Å². The van der Waals surface area contributed by atoms with E-state index in [0.29, 0.717) is 24.7 Å². The highest BCUT2D eigenvalue weighted by molar-refractivity contribution is 5.81. The summed E-state index contributed by atoms with van der Waals surface area (Å²) < 4.78 is 10.7. The van der Waals surface area contributed by atoms with E-state index in [1.165, 1.54) is 12.4 Å². The normalized spacial score (nSPS) is 10.6. The Morgan fingerprint density at radius 3 is 3.00 bits per heavy atom. The monoisotopic (exact) mass is 234 g/mol. The molecule has 0 aliphatic heterocycles. The number of fused-ring (bicyclic) bond motifs is 1. The number of hydrogen-bond acceptors (Lipinski definition) is 4. The fraction of sp³-hybridized carbons (Fsp3) is 0.333. The van der Waals surface area contributed by atoms with Crippen molar-refractivity contribution < 1.29 is 14.3 Å². The summed E-state index contributed by atoms with van der Waals surface area (Å²) in [7, 11) is 0. The van der Waals surface area contributed by atoms with Gasteiger partial charge < -0.3 is 14.7 Å². The summed E-state index contributed by atoms with van der Waals surface area (Å²) in [4.78, 5) is 0.534. The highest BCUT2D eigenvalue weighted by Crippen LogP contribution is 2.18. The van der Waals surface area contributed by atoms with E-state index in [2.05, 4.69) is 5.10 Å². The molecule has 0 unspecified atom stereocenters. The van der Waals surface area contributed by atoms with Gasteiger partial charge in [0.05, 0.1) is 12.0 Å². The van der Waals surface area contributed by atoms with Crippen LogP contribution in [-0.2, 0) is 4.74 Å². The SMILES string of the molecule is CCOCCOc1ccc2cn[n+]([O-])cc2c1. The second kappa shape index (κ2) is 5.45. The summed E-state index contributed by atoms with van der Waals surface area (Å²) in [5.41, 5.74) is 0. The molecule has 0 N–H and O–H groups in total. The second-order valence-corrected chi connectivity index (χ2v) is 3.51. The van der Waals surface area contributed by atoms with Crippen molar-refractivity contribution in [2.24, 2.45) is 0 Å². The highest BCUT2D eigenvalue weighted by atomic mass is 16.5. The minimum Gasteiger partial charge on any atom is -0.594 e. The molecule has 0 amide bonds. The molecule has 2 aromatic rings.